The Kier molecular flexibility index (Phi) is 2.62. The number of allylic oxidation sites excluding steroid dienone is 3. The zero-order chi connectivity index (χ0) is 11.8. The summed E-state index contributed by atoms with van der Waals surface area (Å²) in [5.74, 6) is -0.853. The molecule has 2 aliphatic rings. The van der Waals surface area contributed by atoms with Crippen LogP contribution in [0.4, 0.5) is 0 Å². The van der Waals surface area contributed by atoms with Gasteiger partial charge in [0.1, 0.15) is 5.69 Å². The monoisotopic (exact) mass is 342 g/mol. The fourth-order valence-electron chi connectivity index (χ4n) is 2.03. The number of carbonyl (C=O) groups is 1. The van der Waals surface area contributed by atoms with Gasteiger partial charge in [0, 0.05) is 15.0 Å². The lowest BCUT2D eigenvalue weighted by Crippen LogP contribution is -2.12. The van der Waals surface area contributed by atoms with Crippen molar-refractivity contribution in [3.8, 4) is 0 Å². The quantitative estimate of drug-likeness (QED) is 0.766. The van der Waals surface area contributed by atoms with Crippen molar-refractivity contribution in [1.29, 1.82) is 0 Å². The Balaban J connectivity index is 2.07. The van der Waals surface area contributed by atoms with Crippen LogP contribution in [0.3, 0.4) is 0 Å². The average molecular weight is 342 g/mol. The maximum atomic E-state index is 11.1. The standard InChI is InChI=1S/C12H11IN2O2/c16-12(17)11-4-3-8-6-14-10-2-1-5-13-9(10)7-15(8)11/h1-5,14H,6-7H2,(H,16,17). The minimum absolute atomic E-state index is 0.112. The predicted octanol–water partition coefficient (Wildman–Crippen LogP) is 1.84. The highest BCUT2D eigenvalue weighted by molar-refractivity contribution is 14.2. The third kappa shape index (κ3) is 1.84. The van der Waals surface area contributed by atoms with Crippen LogP contribution in [0.1, 0.15) is 16.2 Å². The molecule has 0 bridgehead atoms. The van der Waals surface area contributed by atoms with Crippen molar-refractivity contribution < 1.29 is 9.90 Å². The summed E-state index contributed by atoms with van der Waals surface area (Å²) >= 11 is -0.112. The molecule has 1 aromatic rings. The number of fused-ring (bicyclic) bond motifs is 1. The number of carboxylic acid groups (broad SMARTS) is 1. The summed E-state index contributed by atoms with van der Waals surface area (Å²) in [6.45, 7) is 1.40. The van der Waals surface area contributed by atoms with Crippen molar-refractivity contribution in [2.45, 2.75) is 13.1 Å². The van der Waals surface area contributed by atoms with E-state index in [2.05, 4.69) is 21.5 Å². The van der Waals surface area contributed by atoms with Gasteiger partial charge in [-0.1, -0.05) is 26.8 Å². The van der Waals surface area contributed by atoms with Crippen LogP contribution in [0.25, 0.3) is 0 Å². The van der Waals surface area contributed by atoms with Gasteiger partial charge in [-0.15, -0.1) is 0 Å². The van der Waals surface area contributed by atoms with Crippen molar-refractivity contribution in [1.82, 2.24) is 9.88 Å². The van der Waals surface area contributed by atoms with E-state index in [0.29, 0.717) is 18.8 Å². The molecule has 1 aromatic heterocycles. The second kappa shape index (κ2) is 4.14. The highest BCUT2D eigenvalue weighted by atomic mass is 127. The first-order valence-electron chi connectivity index (χ1n) is 5.28. The van der Waals surface area contributed by atoms with Gasteiger partial charge >= 0.3 is 5.97 Å². The smallest absolute Gasteiger partial charge is 0.352 e. The van der Waals surface area contributed by atoms with Crippen molar-refractivity contribution >= 4 is 30.7 Å². The summed E-state index contributed by atoms with van der Waals surface area (Å²) in [5.41, 5.74) is 2.60. The number of nitrogens with zero attached hydrogens (tertiary/aromatic N) is 1. The van der Waals surface area contributed by atoms with E-state index in [4.69, 9.17) is 5.11 Å². The maximum Gasteiger partial charge on any atom is 0.352 e. The molecule has 2 N–H and O–H groups in total. The molecule has 0 atom stereocenters. The summed E-state index contributed by atoms with van der Waals surface area (Å²) in [5, 5.41) is 12.5. The van der Waals surface area contributed by atoms with Gasteiger partial charge in [-0.3, -0.25) is 0 Å². The molecule has 2 aliphatic heterocycles. The third-order valence-electron chi connectivity index (χ3n) is 2.87. The molecule has 17 heavy (non-hydrogen) atoms. The largest absolute Gasteiger partial charge is 0.477 e. The molecule has 0 spiro atoms. The molecule has 0 amide bonds. The van der Waals surface area contributed by atoms with Crippen LogP contribution < -0.4 is 5.32 Å². The van der Waals surface area contributed by atoms with Gasteiger partial charge in [0.15, 0.2) is 0 Å². The molecule has 3 heterocycles. The van der Waals surface area contributed by atoms with E-state index >= 15 is 0 Å². The Hall–Kier alpha value is -1.37. The van der Waals surface area contributed by atoms with Crippen LogP contribution in [0.15, 0.2) is 33.6 Å². The minimum atomic E-state index is -0.853. The van der Waals surface area contributed by atoms with Gasteiger partial charge in [0.25, 0.3) is 0 Å². The van der Waals surface area contributed by atoms with E-state index in [0.717, 1.165) is 5.69 Å². The number of carboxylic acids is 1. The van der Waals surface area contributed by atoms with Gasteiger partial charge in [-0.05, 0) is 22.2 Å². The van der Waals surface area contributed by atoms with Crippen LogP contribution in [-0.2, 0) is 13.1 Å². The molecule has 88 valence electrons. The number of rotatable bonds is 1. The molecule has 4 nitrogen and oxygen atoms in total. The Morgan fingerprint density at radius 3 is 3.18 bits per heavy atom. The van der Waals surface area contributed by atoms with Crippen LogP contribution in [-0.4, -0.2) is 19.7 Å². The van der Waals surface area contributed by atoms with Crippen LogP contribution >= 0.6 is 20.7 Å². The summed E-state index contributed by atoms with van der Waals surface area (Å²) in [6.07, 6.45) is 4.16. The number of nitrogens with one attached hydrogen (secondary N) is 1. The third-order valence-corrected chi connectivity index (χ3v) is 5.32. The average Bonchev–Trinajstić information content (AvgIpc) is 2.63. The molecular formula is C12H11IN2O2. The first-order chi connectivity index (χ1) is 8.25. The number of halogens is 1. The lowest BCUT2D eigenvalue weighted by Gasteiger charge is -2.10. The predicted molar refractivity (Wildman–Crippen MR) is 74.5 cm³/mol. The molecule has 5 heteroatoms. The summed E-state index contributed by atoms with van der Waals surface area (Å²) in [4.78, 5) is 11.1. The SMILES string of the molecule is O=C(O)c1ccc2n1CC1=C(C=CC=I1)NC2. The molecule has 0 fully saturated rings. The molecule has 0 unspecified atom stereocenters. The number of hydrogen-bond acceptors (Lipinski definition) is 2. The number of aromatic carboxylic acids is 1. The Morgan fingerprint density at radius 2 is 2.35 bits per heavy atom. The molecule has 0 saturated carbocycles. The fourth-order valence-corrected chi connectivity index (χ4v) is 4.12. The van der Waals surface area contributed by atoms with Gasteiger partial charge in [0.05, 0.1) is 13.1 Å². The van der Waals surface area contributed by atoms with E-state index in [-0.39, 0.29) is 20.7 Å². The molecule has 0 saturated heterocycles. The lowest BCUT2D eigenvalue weighted by molar-refractivity contribution is 0.0685. The first-order valence-corrected chi connectivity index (χ1v) is 7.60. The maximum absolute atomic E-state index is 11.1. The van der Waals surface area contributed by atoms with Crippen molar-refractivity contribution in [3.63, 3.8) is 0 Å². The Labute approximate surface area is 108 Å². The molecule has 0 radical (unpaired) electrons. The zero-order valence-corrected chi connectivity index (χ0v) is 11.1. The minimum Gasteiger partial charge on any atom is -0.477 e. The highest BCUT2D eigenvalue weighted by Gasteiger charge is 2.19. The highest BCUT2D eigenvalue weighted by Crippen LogP contribution is 2.28. The van der Waals surface area contributed by atoms with Crippen LogP contribution in [0, 0.1) is 0 Å². The second-order valence-corrected chi connectivity index (χ2v) is 6.51. The van der Waals surface area contributed by atoms with E-state index in [9.17, 15) is 4.79 Å². The van der Waals surface area contributed by atoms with Gasteiger partial charge in [-0.2, -0.15) is 0 Å². The van der Waals surface area contributed by atoms with E-state index < -0.39 is 5.97 Å². The van der Waals surface area contributed by atoms with Crippen LogP contribution in [0.2, 0.25) is 0 Å². The first kappa shape index (κ1) is 10.8. The van der Waals surface area contributed by atoms with Crippen molar-refractivity contribution in [2.75, 3.05) is 0 Å². The number of hydrogen-bond donors (Lipinski definition) is 2. The Bertz CT molecular complexity index is 581. The van der Waals surface area contributed by atoms with E-state index in [1.807, 2.05) is 10.6 Å². The molecule has 0 aromatic carbocycles. The van der Waals surface area contributed by atoms with E-state index in [1.54, 1.807) is 6.07 Å². The topological polar surface area (TPSA) is 54.3 Å². The zero-order valence-electron chi connectivity index (χ0n) is 8.98. The van der Waals surface area contributed by atoms with E-state index in [1.165, 1.54) is 9.28 Å². The van der Waals surface area contributed by atoms with Crippen LogP contribution in [0.5, 0.6) is 0 Å². The van der Waals surface area contributed by atoms with Gasteiger partial charge in [-0.25, -0.2) is 4.79 Å². The van der Waals surface area contributed by atoms with Gasteiger partial charge < -0.3 is 15.0 Å². The van der Waals surface area contributed by atoms with Crippen molar-refractivity contribution in [2.24, 2.45) is 0 Å². The lowest BCUT2D eigenvalue weighted by atomic mass is 10.3. The fraction of sp³-hybridized carbons (Fsp3) is 0.167. The van der Waals surface area contributed by atoms with Gasteiger partial charge in [0.2, 0.25) is 0 Å². The normalized spacial score (nSPS) is 17.6. The molecule has 3 rings (SSSR count). The number of aromatic nitrogens is 1. The summed E-state index contributed by atoms with van der Waals surface area (Å²) < 4.78 is 5.46. The summed E-state index contributed by atoms with van der Waals surface area (Å²) in [6, 6.07) is 3.58. The Morgan fingerprint density at radius 1 is 1.47 bits per heavy atom. The summed E-state index contributed by atoms with van der Waals surface area (Å²) in [7, 11) is 0. The molecular weight excluding hydrogens is 331 g/mol. The van der Waals surface area contributed by atoms with Crippen molar-refractivity contribution in [3.05, 3.63) is 44.9 Å². The second-order valence-electron chi connectivity index (χ2n) is 3.87. The molecule has 0 aliphatic carbocycles.